The van der Waals surface area contributed by atoms with Crippen molar-refractivity contribution < 1.29 is 18.3 Å². The number of hydrogen-bond donors (Lipinski definition) is 2. The first-order valence-electron chi connectivity index (χ1n) is 13.6. The Morgan fingerprint density at radius 1 is 0.949 bits per heavy atom. The van der Waals surface area contributed by atoms with Crippen LogP contribution in [0.15, 0.2) is 30.3 Å². The molecule has 8 nitrogen and oxygen atoms in total. The summed E-state index contributed by atoms with van der Waals surface area (Å²) < 4.78 is 35.8. The lowest BCUT2D eigenvalue weighted by molar-refractivity contribution is 0.0941. The molecule has 0 radical (unpaired) electrons. The average molecular weight is 535 g/mol. The fraction of sp³-hybridized carbons (Fsp3) is 0.414. The molecule has 4 heterocycles. The van der Waals surface area contributed by atoms with Crippen molar-refractivity contribution in [3.05, 3.63) is 58.8 Å². The number of nitrogens with two attached hydrogens (primary N) is 1. The fourth-order valence-corrected chi connectivity index (χ4v) is 5.80. The van der Waals surface area contributed by atoms with Crippen LogP contribution in [0.1, 0.15) is 40.7 Å². The molecule has 0 saturated carbocycles. The van der Waals surface area contributed by atoms with Crippen molar-refractivity contribution in [2.24, 2.45) is 0 Å². The van der Waals surface area contributed by atoms with Crippen LogP contribution in [-0.2, 0) is 17.7 Å². The van der Waals surface area contributed by atoms with Crippen LogP contribution >= 0.6 is 0 Å². The van der Waals surface area contributed by atoms with Crippen molar-refractivity contribution in [3.63, 3.8) is 0 Å². The smallest absolute Gasteiger partial charge is 0.254 e. The number of fused-ring (bicyclic) bond motifs is 1. The van der Waals surface area contributed by atoms with Crippen molar-refractivity contribution in [1.29, 1.82) is 0 Å². The van der Waals surface area contributed by atoms with E-state index in [9.17, 15) is 9.18 Å². The van der Waals surface area contributed by atoms with Gasteiger partial charge in [-0.05, 0) is 67.7 Å². The number of rotatable bonds is 5. The maximum absolute atomic E-state index is 15.3. The van der Waals surface area contributed by atoms with Crippen molar-refractivity contribution >= 4 is 17.4 Å². The van der Waals surface area contributed by atoms with Gasteiger partial charge in [-0.2, -0.15) is 9.37 Å². The summed E-state index contributed by atoms with van der Waals surface area (Å²) in [5.74, 6) is -2.02. The van der Waals surface area contributed by atoms with E-state index in [1.165, 1.54) is 25.3 Å². The number of hydrogen-bond acceptors (Lipinski definition) is 7. The number of nitrogens with zero attached hydrogens (tertiary/aromatic N) is 4. The number of carbonyl (C=O) groups excluding carboxylic acids is 1. The fourth-order valence-electron chi connectivity index (χ4n) is 5.80. The monoisotopic (exact) mass is 534 g/mol. The van der Waals surface area contributed by atoms with Gasteiger partial charge in [0.25, 0.3) is 5.91 Å². The van der Waals surface area contributed by atoms with E-state index in [1.54, 1.807) is 6.07 Å². The van der Waals surface area contributed by atoms with Gasteiger partial charge in [0.2, 0.25) is 5.95 Å². The maximum Gasteiger partial charge on any atom is 0.254 e. The van der Waals surface area contributed by atoms with Crippen LogP contribution in [0.3, 0.4) is 0 Å². The normalized spacial score (nSPS) is 18.1. The lowest BCUT2D eigenvalue weighted by Crippen LogP contribution is -2.37. The van der Waals surface area contributed by atoms with E-state index in [4.69, 9.17) is 10.5 Å². The van der Waals surface area contributed by atoms with E-state index < -0.39 is 17.7 Å². The number of nitrogen functional groups attached to an aromatic ring is 1. The molecule has 2 saturated heterocycles. The Hall–Kier alpha value is -3.63. The SMILES string of the molecule is Nc1nc(F)c(-c2ccc(N3CCOCC3)c(CN3CCCCC3)c2)nc1-c1cc(F)c2c(c1)CCNC2=O. The quantitative estimate of drug-likeness (QED) is 0.514. The van der Waals surface area contributed by atoms with Gasteiger partial charge in [0.05, 0.1) is 18.8 Å². The van der Waals surface area contributed by atoms with Crippen molar-refractivity contribution in [3.8, 4) is 22.5 Å². The van der Waals surface area contributed by atoms with Crippen LogP contribution < -0.4 is 16.0 Å². The molecular formula is C29H32F2N6O2. The zero-order chi connectivity index (χ0) is 26.9. The highest BCUT2D eigenvalue weighted by Crippen LogP contribution is 2.34. The molecule has 0 bridgehead atoms. The molecule has 6 rings (SSSR count). The number of likely N-dealkylation sites (tertiary alicyclic amines) is 1. The van der Waals surface area contributed by atoms with Crippen molar-refractivity contribution in [2.45, 2.75) is 32.2 Å². The van der Waals surface area contributed by atoms with Gasteiger partial charge in [-0.25, -0.2) is 9.37 Å². The zero-order valence-electron chi connectivity index (χ0n) is 21.8. The molecule has 0 spiro atoms. The number of carbonyl (C=O) groups is 1. The van der Waals surface area contributed by atoms with E-state index in [-0.39, 0.29) is 22.8 Å². The molecule has 0 atom stereocenters. The summed E-state index contributed by atoms with van der Waals surface area (Å²) in [6.07, 6.45) is 4.08. The minimum absolute atomic E-state index is 0.0277. The molecule has 1 amide bonds. The molecule has 2 aromatic carbocycles. The highest BCUT2D eigenvalue weighted by molar-refractivity contribution is 5.97. The number of aromatic nitrogens is 2. The van der Waals surface area contributed by atoms with Crippen LogP contribution in [-0.4, -0.2) is 66.7 Å². The summed E-state index contributed by atoms with van der Waals surface area (Å²) >= 11 is 0. The van der Waals surface area contributed by atoms with E-state index in [1.807, 2.05) is 18.2 Å². The van der Waals surface area contributed by atoms with Gasteiger partial charge in [0, 0.05) is 43.0 Å². The highest BCUT2D eigenvalue weighted by Gasteiger charge is 2.25. The lowest BCUT2D eigenvalue weighted by atomic mass is 9.95. The minimum Gasteiger partial charge on any atom is -0.382 e. The van der Waals surface area contributed by atoms with E-state index >= 15 is 4.39 Å². The summed E-state index contributed by atoms with van der Waals surface area (Å²) in [6, 6.07) is 8.78. The van der Waals surface area contributed by atoms with Gasteiger partial charge in [0.15, 0.2) is 5.82 Å². The second kappa shape index (κ2) is 10.9. The minimum atomic E-state index is -0.780. The van der Waals surface area contributed by atoms with Gasteiger partial charge < -0.3 is 20.7 Å². The Morgan fingerprint density at radius 2 is 1.74 bits per heavy atom. The van der Waals surface area contributed by atoms with Crippen LogP contribution in [0.2, 0.25) is 0 Å². The predicted octanol–water partition coefficient (Wildman–Crippen LogP) is 3.78. The van der Waals surface area contributed by atoms with Crippen molar-refractivity contribution in [1.82, 2.24) is 20.2 Å². The standard InChI is InChI=1S/C29H32F2N6O2/c30-22-16-20(14-18-6-7-33-29(38)24(18)22)26-28(32)35-27(31)25(34-26)19-4-5-23(37-10-12-39-13-11-37)21(15-19)17-36-8-2-1-3-9-36/h4-5,14-16H,1-3,6-13,17H2,(H2,32,35)(H,33,38). The molecule has 0 aliphatic carbocycles. The molecule has 39 heavy (non-hydrogen) atoms. The molecule has 3 aliphatic rings. The lowest BCUT2D eigenvalue weighted by Gasteiger charge is -2.33. The van der Waals surface area contributed by atoms with Crippen LogP contribution in [0.5, 0.6) is 0 Å². The Bertz CT molecular complexity index is 1400. The number of nitrogens with one attached hydrogen (secondary N) is 1. The second-order valence-corrected chi connectivity index (χ2v) is 10.4. The molecule has 3 N–H and O–H groups in total. The van der Waals surface area contributed by atoms with E-state index in [0.717, 1.165) is 44.0 Å². The molecule has 3 aliphatic heterocycles. The molecule has 0 unspecified atom stereocenters. The summed E-state index contributed by atoms with van der Waals surface area (Å²) in [7, 11) is 0. The number of amides is 1. The van der Waals surface area contributed by atoms with E-state index in [2.05, 4.69) is 25.1 Å². The third kappa shape index (κ3) is 5.18. The molecule has 204 valence electrons. The number of halogens is 2. The Morgan fingerprint density at radius 3 is 2.54 bits per heavy atom. The maximum atomic E-state index is 15.3. The topological polar surface area (TPSA) is 96.6 Å². The second-order valence-electron chi connectivity index (χ2n) is 10.4. The summed E-state index contributed by atoms with van der Waals surface area (Å²) in [6.45, 7) is 6.19. The van der Waals surface area contributed by atoms with Crippen LogP contribution in [0.25, 0.3) is 22.5 Å². The summed E-state index contributed by atoms with van der Waals surface area (Å²) in [4.78, 5) is 25.4. The van der Waals surface area contributed by atoms with Gasteiger partial charge in [-0.3, -0.25) is 9.69 Å². The summed E-state index contributed by atoms with van der Waals surface area (Å²) in [5.41, 5.74) is 10.1. The van der Waals surface area contributed by atoms with Crippen LogP contribution in [0.4, 0.5) is 20.3 Å². The third-order valence-corrected chi connectivity index (χ3v) is 7.78. The molecule has 10 heteroatoms. The Labute approximate surface area is 226 Å². The number of piperidine rings is 1. The highest BCUT2D eigenvalue weighted by atomic mass is 19.1. The number of benzene rings is 2. The van der Waals surface area contributed by atoms with Gasteiger partial charge in [0.1, 0.15) is 17.2 Å². The van der Waals surface area contributed by atoms with Crippen LogP contribution in [0, 0.1) is 11.8 Å². The first-order valence-corrected chi connectivity index (χ1v) is 13.6. The Kier molecular flexibility index (Phi) is 7.14. The van der Waals surface area contributed by atoms with Gasteiger partial charge >= 0.3 is 0 Å². The molecule has 1 aromatic heterocycles. The molecular weight excluding hydrogens is 502 g/mol. The van der Waals surface area contributed by atoms with Crippen molar-refractivity contribution in [2.75, 3.05) is 56.6 Å². The number of morpholine rings is 1. The third-order valence-electron chi connectivity index (χ3n) is 7.78. The predicted molar refractivity (Wildman–Crippen MR) is 145 cm³/mol. The molecule has 2 fully saturated rings. The van der Waals surface area contributed by atoms with Gasteiger partial charge in [-0.15, -0.1) is 0 Å². The number of anilines is 2. The average Bonchev–Trinajstić information content (AvgIpc) is 2.94. The Balaban J connectivity index is 1.40. The number of ether oxygens (including phenoxy) is 1. The first kappa shape index (κ1) is 25.6. The van der Waals surface area contributed by atoms with E-state index in [0.29, 0.717) is 42.9 Å². The first-order chi connectivity index (χ1) is 19.0. The summed E-state index contributed by atoms with van der Waals surface area (Å²) in [5, 5.41) is 2.66. The van der Waals surface area contributed by atoms with Gasteiger partial charge in [-0.1, -0.05) is 12.5 Å². The molecule has 3 aromatic rings. The largest absolute Gasteiger partial charge is 0.382 e. The zero-order valence-corrected chi connectivity index (χ0v) is 21.8.